The number of anilines is 2. The van der Waals surface area contributed by atoms with Gasteiger partial charge in [-0.1, -0.05) is 0 Å². The number of ketones is 2. The monoisotopic (exact) mass is 436 g/mol. The average Bonchev–Trinajstić information content (AvgIpc) is 2.74. The molecule has 0 saturated carbocycles. The first kappa shape index (κ1) is 23.3. The van der Waals surface area contributed by atoms with Gasteiger partial charge < -0.3 is 20.4 Å². The van der Waals surface area contributed by atoms with Gasteiger partial charge in [0, 0.05) is 59.6 Å². The van der Waals surface area contributed by atoms with E-state index < -0.39 is 0 Å². The van der Waals surface area contributed by atoms with Crippen LogP contribution in [0.3, 0.4) is 0 Å². The Morgan fingerprint density at radius 1 is 0.656 bits per heavy atom. The molecule has 0 atom stereocenters. The Hall–Kier alpha value is -3.36. The Labute approximate surface area is 187 Å². The first-order valence-electron chi connectivity index (χ1n) is 10.4. The van der Waals surface area contributed by atoms with Gasteiger partial charge in [-0.25, -0.2) is 0 Å². The van der Waals surface area contributed by atoms with Crippen molar-refractivity contribution in [2.45, 2.75) is 12.8 Å². The minimum Gasteiger partial charge on any atom is -0.326 e. The van der Waals surface area contributed by atoms with Gasteiger partial charge in [0.15, 0.2) is 11.6 Å². The summed E-state index contributed by atoms with van der Waals surface area (Å²) in [4.78, 5) is 54.1. The zero-order valence-electron chi connectivity index (χ0n) is 18.8. The molecule has 2 amide bonds. The second-order valence-corrected chi connectivity index (χ2v) is 8.38. The molecule has 0 aromatic heterocycles. The van der Waals surface area contributed by atoms with E-state index in [0.29, 0.717) is 37.3 Å². The summed E-state index contributed by atoms with van der Waals surface area (Å²) in [6.07, 6.45) is 0.645. The van der Waals surface area contributed by atoms with Crippen molar-refractivity contribution < 1.29 is 19.2 Å². The molecule has 1 aliphatic carbocycles. The third-order valence-electron chi connectivity index (χ3n) is 5.16. The Bertz CT molecular complexity index is 990. The van der Waals surface area contributed by atoms with Gasteiger partial charge in [0.25, 0.3) is 0 Å². The summed E-state index contributed by atoms with van der Waals surface area (Å²) in [5, 5.41) is 5.55. The number of nitrogens with zero attached hydrogens (tertiary/aromatic N) is 2. The normalized spacial score (nSPS) is 12.6. The Morgan fingerprint density at radius 2 is 1.03 bits per heavy atom. The molecule has 0 fully saturated rings. The molecule has 0 bridgehead atoms. The third-order valence-corrected chi connectivity index (χ3v) is 5.16. The lowest BCUT2D eigenvalue weighted by Crippen LogP contribution is -2.24. The Morgan fingerprint density at radius 3 is 1.38 bits per heavy atom. The minimum absolute atomic E-state index is 0.164. The van der Waals surface area contributed by atoms with Crippen molar-refractivity contribution in [3.8, 4) is 0 Å². The second kappa shape index (κ2) is 9.84. The fourth-order valence-corrected chi connectivity index (χ4v) is 3.40. The fraction of sp³-hybridized carbons (Fsp3) is 0.333. The summed E-state index contributed by atoms with van der Waals surface area (Å²) < 4.78 is 0. The van der Waals surface area contributed by atoms with Gasteiger partial charge in [0.05, 0.1) is 0 Å². The highest BCUT2D eigenvalue weighted by atomic mass is 16.2. The van der Waals surface area contributed by atoms with E-state index in [4.69, 9.17) is 0 Å². The van der Waals surface area contributed by atoms with E-state index in [1.807, 2.05) is 38.0 Å². The summed E-state index contributed by atoms with van der Waals surface area (Å²) >= 11 is 0. The summed E-state index contributed by atoms with van der Waals surface area (Å²) in [6, 6.07) is 9.45. The standard InChI is InChI=1S/C24H28N4O4/c1-27(2)11-9-21(29)25-15-5-7-17-19(13-15)23(31)18-8-6-16(14-20(18)24(17)32)26-22(30)10-12-28(3)4/h5-8,13-14H,9-12H2,1-4H3,(H,25,29)(H,26,30). The van der Waals surface area contributed by atoms with Crippen molar-refractivity contribution >= 4 is 34.8 Å². The quantitative estimate of drug-likeness (QED) is 0.562. The molecule has 168 valence electrons. The summed E-state index contributed by atoms with van der Waals surface area (Å²) in [7, 11) is 7.53. The SMILES string of the molecule is CN(C)CCC(=O)Nc1ccc2c(c1)C(=O)c1ccc(NC(=O)CCN(C)C)cc1C2=O. The van der Waals surface area contributed by atoms with Gasteiger partial charge >= 0.3 is 0 Å². The Balaban J connectivity index is 1.79. The van der Waals surface area contributed by atoms with Gasteiger partial charge in [0.1, 0.15) is 0 Å². The van der Waals surface area contributed by atoms with Crippen molar-refractivity contribution in [2.24, 2.45) is 0 Å². The molecule has 0 saturated heterocycles. The van der Waals surface area contributed by atoms with Crippen LogP contribution in [0.2, 0.25) is 0 Å². The van der Waals surface area contributed by atoms with E-state index in [1.165, 1.54) is 0 Å². The van der Waals surface area contributed by atoms with Crippen LogP contribution in [0.4, 0.5) is 11.4 Å². The fourth-order valence-electron chi connectivity index (χ4n) is 3.40. The highest BCUT2D eigenvalue weighted by molar-refractivity contribution is 6.29. The van der Waals surface area contributed by atoms with Crippen LogP contribution in [0.1, 0.15) is 44.7 Å². The van der Waals surface area contributed by atoms with E-state index in [2.05, 4.69) is 10.6 Å². The topological polar surface area (TPSA) is 98.8 Å². The van der Waals surface area contributed by atoms with Crippen LogP contribution >= 0.6 is 0 Å². The lowest BCUT2D eigenvalue weighted by Gasteiger charge is -2.19. The molecule has 8 heteroatoms. The van der Waals surface area contributed by atoms with Crippen LogP contribution in [0.25, 0.3) is 0 Å². The predicted molar refractivity (Wildman–Crippen MR) is 123 cm³/mol. The zero-order chi connectivity index (χ0) is 23.4. The number of rotatable bonds is 8. The molecule has 0 heterocycles. The number of carbonyl (C=O) groups is 4. The van der Waals surface area contributed by atoms with Gasteiger partial charge in [-0.3, -0.25) is 19.2 Å². The number of fused-ring (bicyclic) bond motifs is 2. The molecule has 32 heavy (non-hydrogen) atoms. The smallest absolute Gasteiger partial charge is 0.225 e. The van der Waals surface area contributed by atoms with Gasteiger partial charge in [-0.15, -0.1) is 0 Å². The van der Waals surface area contributed by atoms with Gasteiger partial charge in [-0.2, -0.15) is 0 Å². The highest BCUT2D eigenvalue weighted by Crippen LogP contribution is 2.31. The van der Waals surface area contributed by atoms with Crippen LogP contribution in [-0.4, -0.2) is 74.5 Å². The number of hydrogen-bond donors (Lipinski definition) is 2. The zero-order valence-corrected chi connectivity index (χ0v) is 18.8. The van der Waals surface area contributed by atoms with Crippen molar-refractivity contribution in [1.29, 1.82) is 0 Å². The first-order chi connectivity index (χ1) is 15.2. The van der Waals surface area contributed by atoms with Crippen LogP contribution < -0.4 is 10.6 Å². The van der Waals surface area contributed by atoms with Crippen LogP contribution in [-0.2, 0) is 9.59 Å². The van der Waals surface area contributed by atoms with E-state index >= 15 is 0 Å². The maximum absolute atomic E-state index is 13.1. The molecule has 0 spiro atoms. The minimum atomic E-state index is -0.288. The summed E-state index contributed by atoms with van der Waals surface area (Å²) in [6.45, 7) is 1.21. The Kier molecular flexibility index (Phi) is 7.17. The molecule has 1 aliphatic rings. The van der Waals surface area contributed by atoms with Crippen molar-refractivity contribution in [3.63, 3.8) is 0 Å². The second-order valence-electron chi connectivity index (χ2n) is 8.38. The van der Waals surface area contributed by atoms with Gasteiger partial charge in [0.2, 0.25) is 11.8 Å². The van der Waals surface area contributed by atoms with Crippen LogP contribution in [0, 0.1) is 0 Å². The van der Waals surface area contributed by atoms with E-state index in [1.54, 1.807) is 36.4 Å². The highest BCUT2D eigenvalue weighted by Gasteiger charge is 2.30. The molecule has 0 aliphatic heterocycles. The van der Waals surface area contributed by atoms with Crippen molar-refractivity contribution in [1.82, 2.24) is 9.80 Å². The van der Waals surface area contributed by atoms with Crippen molar-refractivity contribution in [3.05, 3.63) is 58.7 Å². The number of carbonyl (C=O) groups excluding carboxylic acids is 4. The van der Waals surface area contributed by atoms with Crippen LogP contribution in [0.15, 0.2) is 36.4 Å². The number of benzene rings is 2. The molecular formula is C24H28N4O4. The summed E-state index contributed by atoms with van der Waals surface area (Å²) in [5.41, 5.74) is 2.03. The number of hydrogen-bond acceptors (Lipinski definition) is 6. The maximum atomic E-state index is 13.1. The maximum Gasteiger partial charge on any atom is 0.225 e. The molecule has 0 unspecified atom stereocenters. The average molecular weight is 437 g/mol. The number of amides is 2. The van der Waals surface area contributed by atoms with Gasteiger partial charge in [-0.05, 0) is 64.6 Å². The third kappa shape index (κ3) is 5.46. The van der Waals surface area contributed by atoms with E-state index in [0.717, 1.165) is 0 Å². The molecule has 2 N–H and O–H groups in total. The molecular weight excluding hydrogens is 408 g/mol. The van der Waals surface area contributed by atoms with Crippen molar-refractivity contribution in [2.75, 3.05) is 51.9 Å². The van der Waals surface area contributed by atoms with Crippen LogP contribution in [0.5, 0.6) is 0 Å². The molecule has 0 radical (unpaired) electrons. The molecule has 2 aromatic carbocycles. The van der Waals surface area contributed by atoms with E-state index in [-0.39, 0.29) is 45.6 Å². The number of nitrogens with one attached hydrogen (secondary N) is 2. The molecule has 2 aromatic rings. The lowest BCUT2D eigenvalue weighted by molar-refractivity contribution is -0.117. The molecule has 8 nitrogen and oxygen atoms in total. The first-order valence-corrected chi connectivity index (χ1v) is 10.4. The predicted octanol–water partition coefficient (Wildman–Crippen LogP) is 2.24. The largest absolute Gasteiger partial charge is 0.326 e. The van der Waals surface area contributed by atoms with E-state index in [9.17, 15) is 19.2 Å². The lowest BCUT2D eigenvalue weighted by atomic mass is 9.83. The summed E-state index contributed by atoms with van der Waals surface area (Å²) in [5.74, 6) is -0.902. The molecule has 3 rings (SSSR count).